The normalized spacial score (nSPS) is 11.6. The van der Waals surface area contributed by atoms with Gasteiger partial charge in [0.05, 0.1) is 0 Å². The first-order valence-electron chi connectivity index (χ1n) is 7.48. The van der Waals surface area contributed by atoms with Gasteiger partial charge in [0.1, 0.15) is 0 Å². The van der Waals surface area contributed by atoms with Gasteiger partial charge in [-0.25, -0.2) is 0 Å². The third-order valence-electron chi connectivity index (χ3n) is 4.64. The van der Waals surface area contributed by atoms with Gasteiger partial charge >= 0.3 is 0 Å². The van der Waals surface area contributed by atoms with Gasteiger partial charge in [0.25, 0.3) is 0 Å². The molecule has 0 radical (unpaired) electrons. The highest BCUT2D eigenvalue weighted by atomic mass is 14.1. The number of aryl methyl sites for hydroxylation is 3. The van der Waals surface area contributed by atoms with Crippen molar-refractivity contribution in [1.82, 2.24) is 0 Å². The Labute approximate surface area is 125 Å². The number of rotatable bonds is 0. The molecule has 0 aliphatic carbocycles. The molecule has 0 spiro atoms. The van der Waals surface area contributed by atoms with E-state index in [4.69, 9.17) is 0 Å². The Hall–Kier alpha value is -2.34. The first-order valence-corrected chi connectivity index (χ1v) is 7.48. The van der Waals surface area contributed by atoms with Crippen molar-refractivity contribution in [1.29, 1.82) is 0 Å². The fourth-order valence-corrected chi connectivity index (χ4v) is 3.77. The van der Waals surface area contributed by atoms with Gasteiger partial charge in [-0.3, -0.25) is 0 Å². The molecule has 0 bridgehead atoms. The lowest BCUT2D eigenvalue weighted by Gasteiger charge is -2.14. The van der Waals surface area contributed by atoms with Crippen LogP contribution in [0.4, 0.5) is 0 Å². The zero-order valence-electron chi connectivity index (χ0n) is 12.7. The summed E-state index contributed by atoms with van der Waals surface area (Å²) in [5.74, 6) is 0. The van der Waals surface area contributed by atoms with Crippen molar-refractivity contribution < 1.29 is 0 Å². The lowest BCUT2D eigenvalue weighted by Crippen LogP contribution is -1.90. The fourth-order valence-electron chi connectivity index (χ4n) is 3.77. The Balaban J connectivity index is 2.36. The monoisotopic (exact) mass is 270 g/mol. The highest BCUT2D eigenvalue weighted by Crippen LogP contribution is 2.36. The lowest BCUT2D eigenvalue weighted by molar-refractivity contribution is 1.47. The van der Waals surface area contributed by atoms with Crippen molar-refractivity contribution in [2.24, 2.45) is 0 Å². The van der Waals surface area contributed by atoms with E-state index < -0.39 is 0 Å². The second-order valence-electron chi connectivity index (χ2n) is 6.01. The molecule has 102 valence electrons. The third-order valence-corrected chi connectivity index (χ3v) is 4.64. The zero-order chi connectivity index (χ0) is 14.6. The highest BCUT2D eigenvalue weighted by molar-refractivity contribution is 6.15. The lowest BCUT2D eigenvalue weighted by atomic mass is 9.90. The van der Waals surface area contributed by atoms with Crippen LogP contribution in [0.3, 0.4) is 0 Å². The van der Waals surface area contributed by atoms with Crippen LogP contribution in [0.5, 0.6) is 0 Å². The van der Waals surface area contributed by atoms with Crippen LogP contribution in [-0.4, -0.2) is 0 Å². The van der Waals surface area contributed by atoms with E-state index in [9.17, 15) is 0 Å². The molecule has 0 saturated heterocycles. The minimum absolute atomic E-state index is 1.33. The van der Waals surface area contributed by atoms with Crippen molar-refractivity contribution in [2.45, 2.75) is 20.8 Å². The summed E-state index contributed by atoms with van der Waals surface area (Å²) in [6, 6.07) is 20.0. The summed E-state index contributed by atoms with van der Waals surface area (Å²) in [7, 11) is 0. The van der Waals surface area contributed by atoms with E-state index >= 15 is 0 Å². The van der Waals surface area contributed by atoms with Crippen molar-refractivity contribution in [3.05, 3.63) is 71.3 Å². The van der Waals surface area contributed by atoms with Crippen molar-refractivity contribution in [2.75, 3.05) is 0 Å². The summed E-state index contributed by atoms with van der Waals surface area (Å²) >= 11 is 0. The molecule has 0 aromatic heterocycles. The standard InChI is InChI=1S/C21H18/c1-13-7-6-9-17-12-19-18-10-5-4-8-16(18)11-14(2)21(19)15(3)20(13)17/h4-12H,1-3H3. The molecule has 0 N–H and O–H groups in total. The Kier molecular flexibility index (Phi) is 2.56. The summed E-state index contributed by atoms with van der Waals surface area (Å²) < 4.78 is 0. The maximum absolute atomic E-state index is 2.36. The Bertz CT molecular complexity index is 1010. The van der Waals surface area contributed by atoms with Crippen LogP contribution < -0.4 is 0 Å². The van der Waals surface area contributed by atoms with Gasteiger partial charge in [-0.15, -0.1) is 0 Å². The smallest absolute Gasteiger partial charge is 0.00937 e. The van der Waals surface area contributed by atoms with Gasteiger partial charge in [0.2, 0.25) is 0 Å². The number of hydrogen-bond acceptors (Lipinski definition) is 0. The maximum Gasteiger partial charge on any atom is -0.00937 e. The zero-order valence-corrected chi connectivity index (χ0v) is 12.7. The molecule has 4 aromatic carbocycles. The molecule has 0 unspecified atom stereocenters. The van der Waals surface area contributed by atoms with E-state index in [0.717, 1.165) is 0 Å². The largest absolute Gasteiger partial charge is 0.0616 e. The van der Waals surface area contributed by atoms with Crippen LogP contribution in [-0.2, 0) is 0 Å². The molecule has 0 amide bonds. The first kappa shape index (κ1) is 12.4. The van der Waals surface area contributed by atoms with Crippen molar-refractivity contribution in [3.63, 3.8) is 0 Å². The summed E-state index contributed by atoms with van der Waals surface area (Å²) in [5.41, 5.74) is 4.13. The molecular weight excluding hydrogens is 252 g/mol. The number of benzene rings is 4. The number of fused-ring (bicyclic) bond motifs is 4. The minimum atomic E-state index is 1.33. The molecule has 0 heterocycles. The summed E-state index contributed by atoms with van der Waals surface area (Å²) in [5, 5.41) is 8.22. The average molecular weight is 270 g/mol. The van der Waals surface area contributed by atoms with Crippen LogP contribution in [0.2, 0.25) is 0 Å². The van der Waals surface area contributed by atoms with Gasteiger partial charge in [0, 0.05) is 0 Å². The van der Waals surface area contributed by atoms with E-state index in [0.29, 0.717) is 0 Å². The molecule has 0 atom stereocenters. The van der Waals surface area contributed by atoms with Crippen LogP contribution in [0.15, 0.2) is 54.6 Å². The second kappa shape index (κ2) is 4.33. The fraction of sp³-hybridized carbons (Fsp3) is 0.143. The topological polar surface area (TPSA) is 0 Å². The van der Waals surface area contributed by atoms with Crippen LogP contribution in [0.25, 0.3) is 32.3 Å². The van der Waals surface area contributed by atoms with Crippen LogP contribution >= 0.6 is 0 Å². The van der Waals surface area contributed by atoms with Gasteiger partial charge in [0.15, 0.2) is 0 Å². The second-order valence-corrected chi connectivity index (χ2v) is 6.01. The maximum atomic E-state index is 2.36. The molecular formula is C21H18. The van der Waals surface area contributed by atoms with Crippen molar-refractivity contribution >= 4 is 32.3 Å². The van der Waals surface area contributed by atoms with Gasteiger partial charge in [-0.05, 0) is 75.8 Å². The average Bonchev–Trinajstić information content (AvgIpc) is 2.47. The Morgan fingerprint density at radius 1 is 0.571 bits per heavy atom. The highest BCUT2D eigenvalue weighted by Gasteiger charge is 2.10. The third kappa shape index (κ3) is 1.69. The van der Waals surface area contributed by atoms with E-state index in [-0.39, 0.29) is 0 Å². The van der Waals surface area contributed by atoms with E-state index in [2.05, 4.69) is 75.4 Å². The Morgan fingerprint density at radius 2 is 1.33 bits per heavy atom. The van der Waals surface area contributed by atoms with E-state index in [1.165, 1.54) is 49.0 Å². The molecule has 21 heavy (non-hydrogen) atoms. The van der Waals surface area contributed by atoms with E-state index in [1.54, 1.807) is 0 Å². The SMILES string of the molecule is Cc1cccc2cc3c(c(C)cc4ccccc43)c(C)c12. The predicted octanol–water partition coefficient (Wildman–Crippen LogP) is 6.07. The molecule has 4 aromatic rings. The molecule has 4 rings (SSSR count). The van der Waals surface area contributed by atoms with Gasteiger partial charge < -0.3 is 0 Å². The molecule has 0 fully saturated rings. The minimum Gasteiger partial charge on any atom is -0.0616 e. The van der Waals surface area contributed by atoms with E-state index in [1.807, 2.05) is 0 Å². The molecule has 0 heteroatoms. The molecule has 0 aliphatic rings. The predicted molar refractivity (Wildman–Crippen MR) is 93.2 cm³/mol. The van der Waals surface area contributed by atoms with Gasteiger partial charge in [-0.1, -0.05) is 48.5 Å². The number of hydrogen-bond donors (Lipinski definition) is 0. The summed E-state index contributed by atoms with van der Waals surface area (Å²) in [6.07, 6.45) is 0. The quantitative estimate of drug-likeness (QED) is 0.268. The van der Waals surface area contributed by atoms with Crippen molar-refractivity contribution in [3.8, 4) is 0 Å². The molecule has 0 aliphatic heterocycles. The molecule has 0 nitrogen and oxygen atoms in total. The van der Waals surface area contributed by atoms with Crippen LogP contribution in [0, 0.1) is 20.8 Å². The molecule has 0 saturated carbocycles. The van der Waals surface area contributed by atoms with Gasteiger partial charge in [-0.2, -0.15) is 0 Å². The summed E-state index contributed by atoms with van der Waals surface area (Å²) in [6.45, 7) is 6.70. The Morgan fingerprint density at radius 3 is 2.19 bits per heavy atom. The summed E-state index contributed by atoms with van der Waals surface area (Å²) in [4.78, 5) is 0. The first-order chi connectivity index (χ1) is 10.2. The van der Waals surface area contributed by atoms with Crippen LogP contribution in [0.1, 0.15) is 16.7 Å².